The largest absolute Gasteiger partial charge is 0.504 e. The summed E-state index contributed by atoms with van der Waals surface area (Å²) in [4.78, 5) is 3.33. The molecule has 0 amide bonds. The number of nitrogens with one attached hydrogen (secondary N) is 2. The van der Waals surface area contributed by atoms with Crippen LogP contribution in [0.25, 0.3) is 0 Å². The third-order valence-electron chi connectivity index (χ3n) is 11.3. The topological polar surface area (TPSA) is 164 Å². The van der Waals surface area contributed by atoms with E-state index in [0.717, 1.165) is 48.1 Å². The number of nitrogens with two attached hydrogens (primary N) is 1. The first-order valence-corrected chi connectivity index (χ1v) is 21.4. The van der Waals surface area contributed by atoms with Crippen molar-refractivity contribution in [2.24, 2.45) is 35.3 Å². The van der Waals surface area contributed by atoms with Gasteiger partial charge in [0.1, 0.15) is 11.9 Å². The Morgan fingerprint density at radius 2 is 1.87 bits per heavy atom. The molecule has 11 heteroatoms. The fraction of sp³-hybridized carbons (Fsp3) is 0.561. The average molecular weight is 750 g/mol. The summed E-state index contributed by atoms with van der Waals surface area (Å²) in [5.41, 5.74) is 10.6. The number of ether oxygens (including phenoxy) is 1. The molecule has 0 saturated carbocycles. The summed E-state index contributed by atoms with van der Waals surface area (Å²) in [7, 11) is 3.25. The molecule has 282 valence electrons. The van der Waals surface area contributed by atoms with E-state index in [0.29, 0.717) is 55.5 Å². The van der Waals surface area contributed by atoms with Gasteiger partial charge < -0.3 is 46.3 Å². The van der Waals surface area contributed by atoms with Gasteiger partial charge >= 0.3 is 0 Å². The third kappa shape index (κ3) is 9.38. The molecule has 1 aromatic heterocycles. The maximum absolute atomic E-state index is 11.9. The first-order valence-electron chi connectivity index (χ1n) is 18.9. The van der Waals surface area contributed by atoms with Crippen molar-refractivity contribution in [3.8, 4) is 23.3 Å². The van der Waals surface area contributed by atoms with Crippen molar-refractivity contribution in [3.63, 3.8) is 0 Å². The molecule has 1 saturated heterocycles. The number of aromatic hydroxyl groups is 1. The summed E-state index contributed by atoms with van der Waals surface area (Å²) in [6.45, 7) is 2.55. The number of rotatable bonds is 7. The van der Waals surface area contributed by atoms with Gasteiger partial charge in [0.2, 0.25) is 0 Å². The molecule has 4 aliphatic rings. The monoisotopic (exact) mass is 749 g/mol. The van der Waals surface area contributed by atoms with Crippen LogP contribution in [-0.2, 0) is 6.42 Å². The summed E-state index contributed by atoms with van der Waals surface area (Å²) < 4.78 is 6.67. The molecule has 10 atom stereocenters. The second-order valence-electron chi connectivity index (χ2n) is 14.8. The number of dihydropyridines is 1. The fourth-order valence-corrected chi connectivity index (χ4v) is 10.7. The lowest BCUT2D eigenvalue weighted by Crippen LogP contribution is -2.42. The van der Waals surface area contributed by atoms with E-state index in [1.165, 1.54) is 0 Å². The van der Waals surface area contributed by atoms with Crippen LogP contribution < -0.4 is 15.8 Å². The molecule has 2 aliphatic carbocycles. The normalized spacial score (nSPS) is 33.1. The van der Waals surface area contributed by atoms with E-state index in [-0.39, 0.29) is 41.8 Å². The number of aliphatic hydroxyl groups excluding tert-OH is 4. The van der Waals surface area contributed by atoms with Crippen LogP contribution in [0.3, 0.4) is 0 Å². The van der Waals surface area contributed by atoms with E-state index in [4.69, 9.17) is 10.5 Å². The smallest absolute Gasteiger partial charge is 0.161 e. The van der Waals surface area contributed by atoms with Gasteiger partial charge in [-0.1, -0.05) is 77.5 Å². The molecule has 1 aromatic carbocycles. The molecule has 0 spiro atoms. The van der Waals surface area contributed by atoms with Crippen LogP contribution in [0.2, 0.25) is 0 Å². The number of aliphatic hydroxyl groups is 4. The summed E-state index contributed by atoms with van der Waals surface area (Å²) in [5, 5.41) is 59.6. The summed E-state index contributed by atoms with van der Waals surface area (Å²) in [6.07, 6.45) is 11.0. The molecule has 2 aliphatic heterocycles. The number of phenolic OH excluding ortho intramolecular Hbond substituents is 1. The van der Waals surface area contributed by atoms with Crippen LogP contribution in [-0.4, -0.2) is 79.6 Å². The first kappa shape index (κ1) is 38.7. The van der Waals surface area contributed by atoms with E-state index >= 15 is 0 Å². The number of hydrogen-bond donors (Lipinski definition) is 8. The first-order chi connectivity index (χ1) is 25.2. The number of aromatic nitrogens is 1. The van der Waals surface area contributed by atoms with Gasteiger partial charge in [0.15, 0.2) is 11.5 Å². The number of fused-ring (bicyclic) bond motifs is 2. The second kappa shape index (κ2) is 18.4. The van der Waals surface area contributed by atoms with Crippen LogP contribution in [0.5, 0.6) is 11.5 Å². The molecule has 9 nitrogen and oxygen atoms in total. The minimum atomic E-state index is -1.02. The molecule has 0 radical (unpaired) electrons. The minimum Gasteiger partial charge on any atom is -0.504 e. The Kier molecular flexibility index (Phi) is 13.7. The highest BCUT2D eigenvalue weighted by molar-refractivity contribution is 8.76. The van der Waals surface area contributed by atoms with Gasteiger partial charge in [-0.25, -0.2) is 0 Å². The Hall–Kier alpha value is -2.98. The molecule has 9 N–H and O–H groups in total. The van der Waals surface area contributed by atoms with Gasteiger partial charge in [-0.3, -0.25) is 0 Å². The fourth-order valence-electron chi connectivity index (χ4n) is 8.20. The Morgan fingerprint density at radius 3 is 2.65 bits per heavy atom. The zero-order valence-corrected chi connectivity index (χ0v) is 31.6. The van der Waals surface area contributed by atoms with Crippen LogP contribution >= 0.6 is 21.6 Å². The minimum absolute atomic E-state index is 0.0539. The average Bonchev–Trinajstić information content (AvgIpc) is 3.59. The van der Waals surface area contributed by atoms with E-state index in [1.807, 2.05) is 30.5 Å². The van der Waals surface area contributed by atoms with Crippen LogP contribution in [0.15, 0.2) is 71.7 Å². The van der Waals surface area contributed by atoms with Crippen molar-refractivity contribution < 1.29 is 30.3 Å². The maximum atomic E-state index is 11.9. The van der Waals surface area contributed by atoms with Crippen molar-refractivity contribution in [2.45, 2.75) is 88.6 Å². The molecular formula is C41H55N3O6S2. The molecule has 0 unspecified atom stereocenters. The highest BCUT2D eigenvalue weighted by atomic mass is 33.1. The van der Waals surface area contributed by atoms with Gasteiger partial charge in [-0.2, -0.15) is 0 Å². The Labute approximate surface area is 316 Å². The van der Waals surface area contributed by atoms with Gasteiger partial charge in [0.25, 0.3) is 0 Å². The van der Waals surface area contributed by atoms with E-state index in [2.05, 4.69) is 41.2 Å². The molecular weight excluding hydrogens is 695 g/mol. The summed E-state index contributed by atoms with van der Waals surface area (Å²) >= 11 is 0. The number of benzene rings is 1. The van der Waals surface area contributed by atoms with E-state index in [1.54, 1.807) is 33.7 Å². The molecule has 0 bridgehead atoms. The molecule has 1 fully saturated rings. The lowest BCUT2D eigenvalue weighted by molar-refractivity contribution is -0.0214. The molecule has 3 heterocycles. The zero-order valence-electron chi connectivity index (χ0n) is 30.0. The Balaban J connectivity index is 1.31. The van der Waals surface area contributed by atoms with Crippen LogP contribution in [0, 0.1) is 41.4 Å². The highest BCUT2D eigenvalue weighted by Gasteiger charge is 2.38. The van der Waals surface area contributed by atoms with Crippen molar-refractivity contribution in [3.05, 3.63) is 83.0 Å². The number of phenols is 1. The Morgan fingerprint density at radius 1 is 1.02 bits per heavy atom. The molecule has 6 rings (SSSR count). The SMILES string of the molecule is CC[C@@H]1C#C[C@@H]2C=C[C@@H](c3ccc(O)c(O[C@@H]4C[C@H](Cc5ccc[nH]5)C5=CCNC(N)=C5CSSC[C@H](CO)[C@H]4O)c3)C[C@@H](O)[C@H]2[C@@H](O)CCCC1. The molecule has 52 heavy (non-hydrogen) atoms. The lowest BCUT2D eigenvalue weighted by Gasteiger charge is -2.33. The van der Waals surface area contributed by atoms with Crippen molar-refractivity contribution in [1.29, 1.82) is 0 Å². The van der Waals surface area contributed by atoms with E-state index < -0.39 is 30.3 Å². The third-order valence-corrected chi connectivity index (χ3v) is 13.7. The number of H-pyrrole nitrogens is 1. The van der Waals surface area contributed by atoms with Gasteiger partial charge in [-0.15, -0.1) is 0 Å². The Bertz CT molecular complexity index is 1630. The maximum Gasteiger partial charge on any atom is 0.161 e. The number of allylic oxidation sites excluding steroid dienone is 3. The second-order valence-corrected chi connectivity index (χ2v) is 17.3. The quantitative estimate of drug-likeness (QED) is 0.105. The lowest BCUT2D eigenvalue weighted by atomic mass is 9.79. The van der Waals surface area contributed by atoms with Gasteiger partial charge in [-0.05, 0) is 79.8 Å². The van der Waals surface area contributed by atoms with Crippen molar-refractivity contribution in [2.75, 3.05) is 24.7 Å². The van der Waals surface area contributed by atoms with E-state index in [9.17, 15) is 25.5 Å². The highest BCUT2D eigenvalue weighted by Crippen LogP contribution is 2.42. The van der Waals surface area contributed by atoms with Crippen molar-refractivity contribution >= 4 is 21.6 Å². The molecule has 2 aromatic rings. The summed E-state index contributed by atoms with van der Waals surface area (Å²) in [5.74, 6) is 7.83. The van der Waals surface area contributed by atoms with Crippen molar-refractivity contribution in [1.82, 2.24) is 10.3 Å². The van der Waals surface area contributed by atoms with Crippen LogP contribution in [0.1, 0.15) is 69.0 Å². The van der Waals surface area contributed by atoms with Gasteiger partial charge in [0.05, 0.1) is 18.3 Å². The predicted octanol–water partition coefficient (Wildman–Crippen LogP) is 5.38. The summed E-state index contributed by atoms with van der Waals surface area (Å²) in [6, 6.07) is 9.27. The van der Waals surface area contributed by atoms with Gasteiger partial charge in [0, 0.05) is 71.7 Å². The standard InChI is InChI=1S/C41H55N3O6S2/c1-2-25-6-3-4-8-35(47)39-26(10-9-25)11-12-27(19-36(39)48)28-13-14-34(46)37(20-28)50-38-21-29(18-31-7-5-16-43-31)32-15-17-44-41(42)33(32)24-52-51-23-30(22-45)40(38)49/h5,7,11-16,20,25-27,29-30,35-36,38-40,43-49H,2-4,6,8,17-19,21-24,42H2,1H3/t25-,26+,27+,29-,30-,35-,36+,38+,39+,40+/m0/s1. The zero-order chi connectivity index (χ0) is 36.6. The number of aromatic amines is 1. The predicted molar refractivity (Wildman–Crippen MR) is 209 cm³/mol. The van der Waals surface area contributed by atoms with Crippen LogP contribution in [0.4, 0.5) is 0 Å². The number of hydrogen-bond acceptors (Lipinski definition) is 10.